The molecule has 1 atom stereocenters. The standard InChI is InChI=1S/C13H19N3O2/c1-3-9(8-14)13(18)16-11-6-4-5-10(7-11)12(17)15-2/h4-7,9H,3,8,14H2,1-2H3,(H,15,17)(H,16,18). The Kier molecular flexibility index (Phi) is 5.32. The second-order valence-electron chi connectivity index (χ2n) is 3.99. The first-order chi connectivity index (χ1) is 8.62. The van der Waals surface area contributed by atoms with Crippen molar-refractivity contribution >= 4 is 17.5 Å². The van der Waals surface area contributed by atoms with Crippen LogP contribution >= 0.6 is 0 Å². The molecule has 4 N–H and O–H groups in total. The van der Waals surface area contributed by atoms with Crippen LogP contribution in [0.1, 0.15) is 23.7 Å². The molecule has 0 spiro atoms. The second-order valence-corrected chi connectivity index (χ2v) is 3.99. The predicted molar refractivity (Wildman–Crippen MR) is 71.3 cm³/mol. The van der Waals surface area contributed by atoms with E-state index in [2.05, 4.69) is 10.6 Å². The van der Waals surface area contributed by atoms with Gasteiger partial charge in [-0.05, 0) is 24.6 Å². The summed E-state index contributed by atoms with van der Waals surface area (Å²) in [5, 5.41) is 5.30. The van der Waals surface area contributed by atoms with Crippen molar-refractivity contribution < 1.29 is 9.59 Å². The molecule has 5 heteroatoms. The highest BCUT2D eigenvalue weighted by molar-refractivity contribution is 5.97. The Morgan fingerprint density at radius 2 is 2.11 bits per heavy atom. The summed E-state index contributed by atoms with van der Waals surface area (Å²) >= 11 is 0. The third-order valence-electron chi connectivity index (χ3n) is 2.77. The van der Waals surface area contributed by atoms with Crippen LogP contribution in [-0.2, 0) is 4.79 Å². The van der Waals surface area contributed by atoms with Crippen LogP contribution < -0.4 is 16.4 Å². The first-order valence-electron chi connectivity index (χ1n) is 5.95. The Balaban J connectivity index is 2.79. The van der Waals surface area contributed by atoms with Crippen molar-refractivity contribution in [3.63, 3.8) is 0 Å². The van der Waals surface area contributed by atoms with Gasteiger partial charge in [0.1, 0.15) is 0 Å². The SMILES string of the molecule is CCC(CN)C(=O)Nc1cccc(C(=O)NC)c1. The van der Waals surface area contributed by atoms with Crippen LogP contribution in [0.2, 0.25) is 0 Å². The second kappa shape index (κ2) is 6.76. The molecule has 1 unspecified atom stereocenters. The van der Waals surface area contributed by atoms with Gasteiger partial charge in [-0.15, -0.1) is 0 Å². The van der Waals surface area contributed by atoms with Crippen LogP contribution in [0.4, 0.5) is 5.69 Å². The normalized spacial score (nSPS) is 11.7. The fourth-order valence-corrected chi connectivity index (χ4v) is 1.59. The van der Waals surface area contributed by atoms with Gasteiger partial charge in [-0.1, -0.05) is 13.0 Å². The molecule has 0 heterocycles. The Morgan fingerprint density at radius 1 is 1.39 bits per heavy atom. The zero-order valence-electron chi connectivity index (χ0n) is 10.7. The molecule has 0 radical (unpaired) electrons. The van der Waals surface area contributed by atoms with Gasteiger partial charge >= 0.3 is 0 Å². The maximum atomic E-state index is 11.8. The number of hydrogen-bond acceptors (Lipinski definition) is 3. The summed E-state index contributed by atoms with van der Waals surface area (Å²) in [5.41, 5.74) is 6.63. The van der Waals surface area contributed by atoms with Gasteiger partial charge < -0.3 is 16.4 Å². The molecule has 0 aromatic heterocycles. The molecule has 0 saturated heterocycles. The minimum absolute atomic E-state index is 0.117. The van der Waals surface area contributed by atoms with E-state index in [0.29, 0.717) is 24.2 Å². The summed E-state index contributed by atoms with van der Waals surface area (Å²) in [4.78, 5) is 23.3. The lowest BCUT2D eigenvalue weighted by atomic mass is 10.1. The van der Waals surface area contributed by atoms with E-state index in [1.165, 1.54) is 0 Å². The molecule has 1 rings (SSSR count). The first-order valence-corrected chi connectivity index (χ1v) is 5.95. The summed E-state index contributed by atoms with van der Waals surface area (Å²) < 4.78 is 0. The minimum Gasteiger partial charge on any atom is -0.355 e. The van der Waals surface area contributed by atoms with Crippen molar-refractivity contribution in [1.82, 2.24) is 5.32 Å². The molecule has 18 heavy (non-hydrogen) atoms. The largest absolute Gasteiger partial charge is 0.355 e. The lowest BCUT2D eigenvalue weighted by molar-refractivity contribution is -0.119. The van der Waals surface area contributed by atoms with Crippen LogP contribution in [0.5, 0.6) is 0 Å². The van der Waals surface area contributed by atoms with E-state index in [-0.39, 0.29) is 17.7 Å². The van der Waals surface area contributed by atoms with Gasteiger partial charge in [0.05, 0.1) is 5.92 Å². The quantitative estimate of drug-likeness (QED) is 0.727. The number of amides is 2. The van der Waals surface area contributed by atoms with Crippen LogP contribution in [0.3, 0.4) is 0 Å². The number of benzene rings is 1. The number of carbonyl (C=O) groups is 2. The average Bonchev–Trinajstić information content (AvgIpc) is 2.39. The van der Waals surface area contributed by atoms with E-state index in [1.54, 1.807) is 31.3 Å². The fraction of sp³-hybridized carbons (Fsp3) is 0.385. The molecule has 1 aromatic rings. The number of hydrogen-bond donors (Lipinski definition) is 3. The zero-order chi connectivity index (χ0) is 13.5. The van der Waals surface area contributed by atoms with Crippen molar-refractivity contribution in [3.05, 3.63) is 29.8 Å². The van der Waals surface area contributed by atoms with Crippen LogP contribution in [-0.4, -0.2) is 25.4 Å². The van der Waals surface area contributed by atoms with Crippen molar-refractivity contribution in [2.75, 3.05) is 18.9 Å². The third kappa shape index (κ3) is 3.56. The summed E-state index contributed by atoms with van der Waals surface area (Å²) in [7, 11) is 1.56. The maximum absolute atomic E-state index is 11.8. The fourth-order valence-electron chi connectivity index (χ4n) is 1.59. The molecule has 0 saturated carbocycles. The number of nitrogens with one attached hydrogen (secondary N) is 2. The number of carbonyl (C=O) groups excluding carboxylic acids is 2. The van der Waals surface area contributed by atoms with Gasteiger partial charge in [-0.25, -0.2) is 0 Å². The van der Waals surface area contributed by atoms with E-state index >= 15 is 0 Å². The summed E-state index contributed by atoms with van der Waals surface area (Å²) in [6.45, 7) is 2.23. The third-order valence-corrected chi connectivity index (χ3v) is 2.77. The van der Waals surface area contributed by atoms with Gasteiger partial charge in [0, 0.05) is 24.8 Å². The first kappa shape index (κ1) is 14.2. The minimum atomic E-state index is -0.200. The van der Waals surface area contributed by atoms with Gasteiger partial charge in [0.2, 0.25) is 5.91 Å². The molecule has 1 aromatic carbocycles. The van der Waals surface area contributed by atoms with Crippen LogP contribution in [0.25, 0.3) is 0 Å². The number of rotatable bonds is 5. The maximum Gasteiger partial charge on any atom is 0.251 e. The molecule has 0 aliphatic rings. The van der Waals surface area contributed by atoms with Gasteiger partial charge in [-0.3, -0.25) is 9.59 Å². The average molecular weight is 249 g/mol. The zero-order valence-corrected chi connectivity index (χ0v) is 10.7. The monoisotopic (exact) mass is 249 g/mol. The molecule has 5 nitrogen and oxygen atoms in total. The summed E-state index contributed by atoms with van der Waals surface area (Å²) in [6.07, 6.45) is 0.692. The van der Waals surface area contributed by atoms with E-state index in [4.69, 9.17) is 5.73 Å². The molecule has 0 fully saturated rings. The van der Waals surface area contributed by atoms with Crippen LogP contribution in [0, 0.1) is 5.92 Å². The topological polar surface area (TPSA) is 84.2 Å². The lowest BCUT2D eigenvalue weighted by Crippen LogP contribution is -2.28. The molecular formula is C13H19N3O2. The van der Waals surface area contributed by atoms with E-state index in [1.807, 2.05) is 6.92 Å². The Morgan fingerprint density at radius 3 is 2.67 bits per heavy atom. The Labute approximate surface area is 107 Å². The molecule has 0 aliphatic heterocycles. The van der Waals surface area contributed by atoms with Crippen molar-refractivity contribution in [2.45, 2.75) is 13.3 Å². The summed E-state index contributed by atoms with van der Waals surface area (Å²) in [6, 6.07) is 6.80. The van der Waals surface area contributed by atoms with Crippen LogP contribution in [0.15, 0.2) is 24.3 Å². The number of anilines is 1. The summed E-state index contributed by atoms with van der Waals surface area (Å²) in [5.74, 6) is -0.500. The molecule has 98 valence electrons. The van der Waals surface area contributed by atoms with Gasteiger partial charge in [0.25, 0.3) is 5.91 Å². The molecule has 0 bridgehead atoms. The highest BCUT2D eigenvalue weighted by atomic mass is 16.2. The number of nitrogens with two attached hydrogens (primary N) is 1. The van der Waals surface area contributed by atoms with E-state index < -0.39 is 0 Å². The van der Waals surface area contributed by atoms with E-state index in [9.17, 15) is 9.59 Å². The highest BCUT2D eigenvalue weighted by Crippen LogP contribution is 2.12. The molecular weight excluding hydrogens is 230 g/mol. The van der Waals surface area contributed by atoms with Crippen molar-refractivity contribution in [1.29, 1.82) is 0 Å². The molecule has 0 aliphatic carbocycles. The lowest BCUT2D eigenvalue weighted by Gasteiger charge is -2.13. The molecule has 2 amide bonds. The smallest absolute Gasteiger partial charge is 0.251 e. The van der Waals surface area contributed by atoms with Gasteiger partial charge in [0.15, 0.2) is 0 Å². The predicted octanol–water partition coefficient (Wildman–Crippen LogP) is 0.970. The van der Waals surface area contributed by atoms with Crippen molar-refractivity contribution in [3.8, 4) is 0 Å². The van der Waals surface area contributed by atoms with Crippen molar-refractivity contribution in [2.24, 2.45) is 11.7 Å². The Hall–Kier alpha value is -1.88. The Bertz CT molecular complexity index is 428. The van der Waals surface area contributed by atoms with Gasteiger partial charge in [-0.2, -0.15) is 0 Å². The highest BCUT2D eigenvalue weighted by Gasteiger charge is 2.14. The van der Waals surface area contributed by atoms with E-state index in [0.717, 1.165) is 0 Å².